The van der Waals surface area contributed by atoms with Crippen LogP contribution in [0.4, 0.5) is 0 Å². The van der Waals surface area contributed by atoms with Crippen LogP contribution in [0.1, 0.15) is 17.5 Å². The Morgan fingerprint density at radius 3 is 2.42 bits per heavy atom. The molecule has 0 radical (unpaired) electrons. The van der Waals surface area contributed by atoms with Crippen LogP contribution in [0.5, 0.6) is 0 Å². The summed E-state index contributed by atoms with van der Waals surface area (Å²) in [4.78, 5) is 0. The lowest BCUT2D eigenvalue weighted by Gasteiger charge is -2.04. The number of hydrogen-bond acceptors (Lipinski definition) is 0. The molecule has 1 heteroatoms. The van der Waals surface area contributed by atoms with Crippen LogP contribution in [0.15, 0.2) is 73.0 Å². The molecule has 0 saturated carbocycles. The molecule has 0 aliphatic carbocycles. The van der Waals surface area contributed by atoms with Crippen LogP contribution in [0.3, 0.4) is 0 Å². The molecule has 0 bridgehead atoms. The lowest BCUT2D eigenvalue weighted by Crippen LogP contribution is -1.83. The van der Waals surface area contributed by atoms with E-state index in [1.54, 1.807) is 0 Å². The molecule has 0 unspecified atom stereocenters. The average Bonchev–Trinajstić information content (AvgIpc) is 2.45. The van der Waals surface area contributed by atoms with E-state index in [1.165, 1.54) is 0 Å². The molecular weight excluding hydrogens is 252 g/mol. The van der Waals surface area contributed by atoms with Gasteiger partial charge in [-0.25, -0.2) is 0 Å². The molecule has 0 aromatic heterocycles. The minimum atomic E-state index is 0.743. The van der Waals surface area contributed by atoms with Gasteiger partial charge in [0.1, 0.15) is 0 Å². The second-order valence-corrected chi connectivity index (χ2v) is 4.56. The zero-order valence-corrected chi connectivity index (χ0v) is 11.4. The maximum absolute atomic E-state index is 6.23. The molecule has 0 N–H and O–H groups in total. The van der Waals surface area contributed by atoms with Crippen molar-refractivity contribution in [2.45, 2.75) is 6.42 Å². The number of benzene rings is 2. The third-order valence-corrected chi connectivity index (χ3v) is 3.09. The highest BCUT2D eigenvalue weighted by atomic mass is 35.5. The van der Waals surface area contributed by atoms with Gasteiger partial charge in [0.2, 0.25) is 0 Å². The van der Waals surface area contributed by atoms with Crippen LogP contribution in [0, 0.1) is 0 Å². The van der Waals surface area contributed by atoms with E-state index in [1.807, 2.05) is 66.7 Å². The first-order valence-electron chi connectivity index (χ1n) is 6.17. The normalized spacial score (nSPS) is 9.53. The van der Waals surface area contributed by atoms with Gasteiger partial charge in [-0.1, -0.05) is 66.2 Å². The predicted molar refractivity (Wildman–Crippen MR) is 84.1 cm³/mol. The molecule has 19 heavy (non-hydrogen) atoms. The van der Waals surface area contributed by atoms with Crippen molar-refractivity contribution < 1.29 is 0 Å². The van der Waals surface area contributed by atoms with Gasteiger partial charge in [0.05, 0.1) is 0 Å². The highest BCUT2D eigenvalue weighted by Crippen LogP contribution is 2.25. The summed E-state index contributed by atoms with van der Waals surface area (Å²) in [5, 5.41) is 0.744. The van der Waals surface area contributed by atoms with E-state index < -0.39 is 0 Å². The van der Waals surface area contributed by atoms with Gasteiger partial charge in [-0.2, -0.15) is 0 Å². The first-order chi connectivity index (χ1) is 9.31. The number of rotatable bonds is 4. The van der Waals surface area contributed by atoms with Crippen molar-refractivity contribution in [3.63, 3.8) is 0 Å². The molecule has 0 aliphatic heterocycles. The van der Waals surface area contributed by atoms with Crippen LogP contribution in [0.25, 0.3) is 11.6 Å². The van der Waals surface area contributed by atoms with Crippen LogP contribution in [0.2, 0.25) is 5.02 Å². The quantitative estimate of drug-likeness (QED) is 0.498. The van der Waals surface area contributed by atoms with E-state index >= 15 is 0 Å². The Labute approximate surface area is 119 Å². The Balaban J connectivity index is 2.44. The molecule has 0 heterocycles. The third-order valence-electron chi connectivity index (χ3n) is 2.76. The zero-order chi connectivity index (χ0) is 13.5. The fourth-order valence-corrected chi connectivity index (χ4v) is 2.07. The zero-order valence-electron chi connectivity index (χ0n) is 10.6. The van der Waals surface area contributed by atoms with Crippen LogP contribution in [-0.2, 0) is 0 Å². The molecule has 0 atom stereocenters. The first kappa shape index (κ1) is 13.4. The van der Waals surface area contributed by atoms with Gasteiger partial charge >= 0.3 is 0 Å². The lowest BCUT2D eigenvalue weighted by atomic mass is 10.0. The van der Waals surface area contributed by atoms with E-state index in [0.29, 0.717) is 0 Å². The van der Waals surface area contributed by atoms with E-state index in [2.05, 4.69) is 12.3 Å². The Kier molecular flexibility index (Phi) is 4.80. The Bertz CT molecular complexity index is 617. The maximum atomic E-state index is 6.23. The molecule has 94 valence electrons. The maximum Gasteiger partial charge on any atom is 0.0487 e. The van der Waals surface area contributed by atoms with Gasteiger partial charge in [0.25, 0.3) is 0 Å². The van der Waals surface area contributed by atoms with Crippen molar-refractivity contribution in [3.8, 4) is 0 Å². The molecule has 0 spiro atoms. The number of hydrogen-bond donors (Lipinski definition) is 0. The van der Waals surface area contributed by atoms with Crippen LogP contribution in [-0.4, -0.2) is 0 Å². The summed E-state index contributed by atoms with van der Waals surface area (Å²) in [7, 11) is 0. The standard InChI is InChI=1S/C18H15Cl/c1-2-8-16(17-11-6-7-12-18(17)19)14-13-15-9-4-3-5-10-15/h2-7,9-13H,1,8H2. The summed E-state index contributed by atoms with van der Waals surface area (Å²) in [5.74, 6) is 0. The topological polar surface area (TPSA) is 0 Å². The lowest BCUT2D eigenvalue weighted by molar-refractivity contribution is 1.41. The Hall–Kier alpha value is -2.01. The van der Waals surface area contributed by atoms with E-state index in [0.717, 1.165) is 28.1 Å². The van der Waals surface area contributed by atoms with Gasteiger partial charge < -0.3 is 0 Å². The Morgan fingerprint density at radius 1 is 1.05 bits per heavy atom. The first-order valence-corrected chi connectivity index (χ1v) is 6.55. The van der Waals surface area contributed by atoms with E-state index in [-0.39, 0.29) is 0 Å². The van der Waals surface area contributed by atoms with Gasteiger partial charge in [0, 0.05) is 16.2 Å². The molecule has 0 saturated heterocycles. The van der Waals surface area contributed by atoms with Crippen molar-refractivity contribution in [3.05, 3.63) is 89.1 Å². The SMILES string of the molecule is C=CCC(=C=Cc1ccccc1)c1ccccc1Cl. The van der Waals surface area contributed by atoms with Gasteiger partial charge in [-0.05, 0) is 24.1 Å². The third kappa shape index (κ3) is 3.72. The smallest absolute Gasteiger partial charge is 0.0487 e. The number of halogens is 1. The summed E-state index contributed by atoms with van der Waals surface area (Å²) >= 11 is 6.23. The van der Waals surface area contributed by atoms with Crippen molar-refractivity contribution in [1.82, 2.24) is 0 Å². The molecule has 0 nitrogen and oxygen atoms in total. The molecule has 2 aromatic rings. The summed E-state index contributed by atoms with van der Waals surface area (Å²) in [6.07, 6.45) is 4.58. The monoisotopic (exact) mass is 266 g/mol. The summed E-state index contributed by atoms with van der Waals surface area (Å²) < 4.78 is 0. The minimum Gasteiger partial charge on any atom is -0.116 e. The summed E-state index contributed by atoms with van der Waals surface area (Å²) in [6, 6.07) is 17.9. The van der Waals surface area contributed by atoms with Gasteiger partial charge in [-0.15, -0.1) is 12.3 Å². The summed E-state index contributed by atoms with van der Waals surface area (Å²) in [5.41, 5.74) is 6.51. The molecule has 0 aliphatic rings. The predicted octanol–water partition coefficient (Wildman–Crippen LogP) is 5.61. The molecule has 0 fully saturated rings. The van der Waals surface area contributed by atoms with Crippen molar-refractivity contribution in [2.75, 3.05) is 0 Å². The fraction of sp³-hybridized carbons (Fsp3) is 0.0556. The number of allylic oxidation sites excluding steroid dienone is 2. The molecule has 0 amide bonds. The van der Waals surface area contributed by atoms with Crippen molar-refractivity contribution in [2.24, 2.45) is 0 Å². The molecule has 2 rings (SSSR count). The van der Waals surface area contributed by atoms with Crippen LogP contribution < -0.4 is 0 Å². The van der Waals surface area contributed by atoms with Crippen molar-refractivity contribution in [1.29, 1.82) is 0 Å². The van der Waals surface area contributed by atoms with E-state index in [4.69, 9.17) is 11.6 Å². The Morgan fingerprint density at radius 2 is 1.74 bits per heavy atom. The van der Waals surface area contributed by atoms with E-state index in [9.17, 15) is 0 Å². The highest BCUT2D eigenvalue weighted by molar-refractivity contribution is 6.32. The molecular formula is C18H15Cl. The second kappa shape index (κ2) is 6.80. The van der Waals surface area contributed by atoms with Gasteiger partial charge in [-0.3, -0.25) is 0 Å². The highest BCUT2D eigenvalue weighted by Gasteiger charge is 2.03. The molecule has 2 aromatic carbocycles. The largest absolute Gasteiger partial charge is 0.116 e. The summed E-state index contributed by atoms with van der Waals surface area (Å²) in [6.45, 7) is 3.79. The second-order valence-electron chi connectivity index (χ2n) is 4.15. The van der Waals surface area contributed by atoms with Crippen LogP contribution >= 0.6 is 11.6 Å². The minimum absolute atomic E-state index is 0.743. The average molecular weight is 267 g/mol. The fourth-order valence-electron chi connectivity index (χ4n) is 1.82. The van der Waals surface area contributed by atoms with Crippen molar-refractivity contribution >= 4 is 23.3 Å². The van der Waals surface area contributed by atoms with Gasteiger partial charge in [0.15, 0.2) is 0 Å².